The third kappa shape index (κ3) is 6.86. The van der Waals surface area contributed by atoms with Crippen molar-refractivity contribution in [3.05, 3.63) is 12.2 Å². The molecule has 0 spiro atoms. The van der Waals surface area contributed by atoms with Gasteiger partial charge in [0.25, 0.3) is 0 Å². The maximum absolute atomic E-state index is 10.9. The van der Waals surface area contributed by atoms with Gasteiger partial charge in [-0.2, -0.15) is 0 Å². The van der Waals surface area contributed by atoms with Crippen LogP contribution in [0.2, 0.25) is 0 Å². The van der Waals surface area contributed by atoms with Crippen LogP contribution in [0.4, 0.5) is 0 Å². The lowest BCUT2D eigenvalue weighted by Crippen LogP contribution is -1.90. The number of hydrogen-bond donors (Lipinski definition) is 0. The number of ketones is 1. The Morgan fingerprint density at radius 3 is 2.82 bits per heavy atom. The Bertz CT molecular complexity index is 191. The molecule has 0 fully saturated rings. The van der Waals surface area contributed by atoms with Gasteiger partial charge in [0, 0.05) is 12.8 Å². The number of carbonyl (C=O) groups is 1. The minimum atomic E-state index is 0.176. The Kier molecular flexibility index (Phi) is 6.42. The first-order chi connectivity index (χ1) is 5.31. The van der Waals surface area contributed by atoms with E-state index in [1.165, 1.54) is 0 Å². The maximum atomic E-state index is 10.9. The van der Waals surface area contributed by atoms with Crippen molar-refractivity contribution >= 4 is 5.78 Å². The molecule has 1 nitrogen and oxygen atoms in total. The topological polar surface area (TPSA) is 17.1 Å². The molecular weight excluding hydrogens is 136 g/mol. The Morgan fingerprint density at radius 1 is 1.55 bits per heavy atom. The molecule has 11 heavy (non-hydrogen) atoms. The van der Waals surface area contributed by atoms with Crippen LogP contribution in [0.1, 0.15) is 33.1 Å². The molecule has 0 N–H and O–H groups in total. The average Bonchev–Trinajstić information content (AvgIpc) is 2.01. The summed E-state index contributed by atoms with van der Waals surface area (Å²) in [7, 11) is 0. The van der Waals surface area contributed by atoms with Crippen molar-refractivity contribution in [2.75, 3.05) is 0 Å². The summed E-state index contributed by atoms with van der Waals surface area (Å²) in [5.74, 6) is 5.78. The summed E-state index contributed by atoms with van der Waals surface area (Å²) >= 11 is 0. The normalized spacial score (nSPS) is 9.27. The standard InChI is InChI=1S/C10H14O/c1-3-5-7-9-10(11)8-6-4-2/h6,8H,4,7,9H2,1-2H3/b8-6+. The Labute approximate surface area is 68.5 Å². The van der Waals surface area contributed by atoms with E-state index < -0.39 is 0 Å². The smallest absolute Gasteiger partial charge is 0.156 e. The molecule has 0 aromatic heterocycles. The van der Waals surface area contributed by atoms with Gasteiger partial charge < -0.3 is 0 Å². The van der Waals surface area contributed by atoms with E-state index in [0.717, 1.165) is 6.42 Å². The Morgan fingerprint density at radius 2 is 2.27 bits per heavy atom. The lowest BCUT2D eigenvalue weighted by molar-refractivity contribution is -0.114. The number of allylic oxidation sites excluding steroid dienone is 2. The summed E-state index contributed by atoms with van der Waals surface area (Å²) in [4.78, 5) is 10.9. The molecule has 0 saturated heterocycles. The summed E-state index contributed by atoms with van der Waals surface area (Å²) < 4.78 is 0. The second-order valence-corrected chi connectivity index (χ2v) is 2.20. The van der Waals surface area contributed by atoms with Gasteiger partial charge in [0.15, 0.2) is 5.78 Å². The summed E-state index contributed by atoms with van der Waals surface area (Å²) in [5.41, 5.74) is 0. The molecule has 0 heterocycles. The first kappa shape index (κ1) is 9.97. The number of carbonyl (C=O) groups excluding carboxylic acids is 1. The molecule has 0 unspecified atom stereocenters. The minimum Gasteiger partial charge on any atom is -0.295 e. The van der Waals surface area contributed by atoms with Crippen molar-refractivity contribution in [1.82, 2.24) is 0 Å². The summed E-state index contributed by atoms with van der Waals surface area (Å²) in [6.45, 7) is 3.79. The monoisotopic (exact) mass is 150 g/mol. The number of hydrogen-bond acceptors (Lipinski definition) is 1. The van der Waals surface area contributed by atoms with Crippen LogP contribution in [-0.4, -0.2) is 5.78 Å². The minimum absolute atomic E-state index is 0.176. The highest BCUT2D eigenvalue weighted by Crippen LogP contribution is 1.91. The van der Waals surface area contributed by atoms with Crippen molar-refractivity contribution in [3.8, 4) is 11.8 Å². The van der Waals surface area contributed by atoms with Crippen LogP contribution >= 0.6 is 0 Å². The molecule has 0 aliphatic rings. The van der Waals surface area contributed by atoms with Gasteiger partial charge in [-0.3, -0.25) is 4.79 Å². The third-order valence-electron chi connectivity index (χ3n) is 1.21. The van der Waals surface area contributed by atoms with Gasteiger partial charge in [0.05, 0.1) is 0 Å². The second kappa shape index (κ2) is 7.08. The molecule has 0 saturated carbocycles. The van der Waals surface area contributed by atoms with Crippen LogP contribution in [0, 0.1) is 11.8 Å². The zero-order valence-corrected chi connectivity index (χ0v) is 7.18. The first-order valence-electron chi connectivity index (χ1n) is 3.90. The van der Waals surface area contributed by atoms with Gasteiger partial charge in [0.1, 0.15) is 0 Å². The molecule has 1 heteroatoms. The van der Waals surface area contributed by atoms with Gasteiger partial charge in [-0.1, -0.05) is 13.0 Å². The van der Waals surface area contributed by atoms with E-state index in [2.05, 4.69) is 11.8 Å². The van der Waals surface area contributed by atoms with Crippen LogP contribution in [0.5, 0.6) is 0 Å². The second-order valence-electron chi connectivity index (χ2n) is 2.20. The lowest BCUT2D eigenvalue weighted by atomic mass is 10.2. The van der Waals surface area contributed by atoms with Gasteiger partial charge in [-0.15, -0.1) is 11.8 Å². The van der Waals surface area contributed by atoms with Gasteiger partial charge in [-0.05, 0) is 19.4 Å². The van der Waals surface area contributed by atoms with Crippen molar-refractivity contribution in [1.29, 1.82) is 0 Å². The van der Waals surface area contributed by atoms with Crippen molar-refractivity contribution in [2.24, 2.45) is 0 Å². The van der Waals surface area contributed by atoms with Gasteiger partial charge in [-0.25, -0.2) is 0 Å². The van der Waals surface area contributed by atoms with E-state index in [1.54, 1.807) is 13.0 Å². The largest absolute Gasteiger partial charge is 0.295 e. The van der Waals surface area contributed by atoms with Crippen LogP contribution in [0.3, 0.4) is 0 Å². The summed E-state index contributed by atoms with van der Waals surface area (Å²) in [6, 6.07) is 0. The van der Waals surface area contributed by atoms with Gasteiger partial charge in [0.2, 0.25) is 0 Å². The molecule has 0 rings (SSSR count). The molecule has 0 bridgehead atoms. The van der Waals surface area contributed by atoms with E-state index >= 15 is 0 Å². The molecule has 0 aromatic carbocycles. The third-order valence-corrected chi connectivity index (χ3v) is 1.21. The molecule has 0 aliphatic heterocycles. The fraction of sp³-hybridized carbons (Fsp3) is 0.500. The zero-order valence-electron chi connectivity index (χ0n) is 7.18. The van der Waals surface area contributed by atoms with Crippen molar-refractivity contribution in [2.45, 2.75) is 33.1 Å². The SMILES string of the molecule is CC#CCCC(=O)/C=C/CC. The van der Waals surface area contributed by atoms with Crippen LogP contribution in [-0.2, 0) is 4.79 Å². The summed E-state index contributed by atoms with van der Waals surface area (Å²) in [5, 5.41) is 0. The highest BCUT2D eigenvalue weighted by atomic mass is 16.1. The van der Waals surface area contributed by atoms with Crippen LogP contribution in [0.15, 0.2) is 12.2 Å². The Hall–Kier alpha value is -1.03. The maximum Gasteiger partial charge on any atom is 0.156 e. The van der Waals surface area contributed by atoms with E-state index in [1.807, 2.05) is 13.0 Å². The molecule has 60 valence electrons. The lowest BCUT2D eigenvalue weighted by Gasteiger charge is -1.86. The fourth-order valence-electron chi connectivity index (χ4n) is 0.643. The zero-order chi connectivity index (χ0) is 8.53. The van der Waals surface area contributed by atoms with Crippen molar-refractivity contribution < 1.29 is 4.79 Å². The predicted octanol–water partition coefficient (Wildman–Crippen LogP) is 2.33. The highest BCUT2D eigenvalue weighted by Gasteiger charge is 1.91. The van der Waals surface area contributed by atoms with E-state index in [9.17, 15) is 4.79 Å². The fourth-order valence-corrected chi connectivity index (χ4v) is 0.643. The van der Waals surface area contributed by atoms with Gasteiger partial charge >= 0.3 is 0 Å². The highest BCUT2D eigenvalue weighted by molar-refractivity contribution is 5.89. The molecule has 0 amide bonds. The van der Waals surface area contributed by atoms with E-state index in [0.29, 0.717) is 12.8 Å². The first-order valence-corrected chi connectivity index (χ1v) is 3.90. The summed E-state index contributed by atoms with van der Waals surface area (Å²) in [6.07, 6.45) is 5.67. The van der Waals surface area contributed by atoms with Crippen LogP contribution in [0.25, 0.3) is 0 Å². The molecular formula is C10H14O. The molecule has 0 aromatic rings. The van der Waals surface area contributed by atoms with E-state index in [4.69, 9.17) is 0 Å². The average molecular weight is 150 g/mol. The van der Waals surface area contributed by atoms with Crippen molar-refractivity contribution in [3.63, 3.8) is 0 Å². The van der Waals surface area contributed by atoms with E-state index in [-0.39, 0.29) is 5.78 Å². The quantitative estimate of drug-likeness (QED) is 0.444. The molecule has 0 radical (unpaired) electrons. The Balaban J connectivity index is 3.50. The predicted molar refractivity (Wildman–Crippen MR) is 47.1 cm³/mol. The number of rotatable bonds is 4. The molecule has 0 aliphatic carbocycles. The van der Waals surface area contributed by atoms with Crippen LogP contribution < -0.4 is 0 Å². The molecule has 0 atom stereocenters.